The first kappa shape index (κ1) is 18.2. The third kappa shape index (κ3) is 4.33. The van der Waals surface area contributed by atoms with E-state index in [4.69, 9.17) is 4.74 Å². The lowest BCUT2D eigenvalue weighted by Gasteiger charge is -2.40. The van der Waals surface area contributed by atoms with Gasteiger partial charge >= 0.3 is 0 Å². The molecule has 3 nitrogen and oxygen atoms in total. The fourth-order valence-corrected chi connectivity index (χ4v) is 4.11. The summed E-state index contributed by atoms with van der Waals surface area (Å²) in [6.45, 7) is 6.51. The van der Waals surface area contributed by atoms with Crippen LogP contribution in [0.4, 0.5) is 0 Å². The van der Waals surface area contributed by atoms with Crippen LogP contribution in [0.1, 0.15) is 23.8 Å². The summed E-state index contributed by atoms with van der Waals surface area (Å²) in [6.07, 6.45) is 2.43. The third-order valence-electron chi connectivity index (χ3n) is 4.09. The second-order valence-corrected chi connectivity index (χ2v) is 6.18. The van der Waals surface area contributed by atoms with Gasteiger partial charge < -0.3 is 10.1 Å². The van der Waals surface area contributed by atoms with Crippen molar-refractivity contribution in [1.29, 1.82) is 0 Å². The van der Waals surface area contributed by atoms with Crippen LogP contribution in [0, 0.1) is 5.92 Å². The molecule has 3 heterocycles. The first-order valence-corrected chi connectivity index (χ1v) is 7.89. The van der Waals surface area contributed by atoms with E-state index in [2.05, 4.69) is 27.7 Å². The fourth-order valence-electron chi connectivity index (χ4n) is 3.16. The molecule has 6 heteroatoms. The van der Waals surface area contributed by atoms with Gasteiger partial charge in [0.1, 0.15) is 0 Å². The zero-order chi connectivity index (χ0) is 12.2. The van der Waals surface area contributed by atoms with Crippen molar-refractivity contribution in [2.45, 2.75) is 18.9 Å². The van der Waals surface area contributed by atoms with Crippen LogP contribution in [-0.2, 0) is 4.74 Å². The minimum absolute atomic E-state index is 0. The second-order valence-electron chi connectivity index (χ2n) is 5.20. The van der Waals surface area contributed by atoms with Crippen molar-refractivity contribution in [3.05, 3.63) is 22.4 Å². The lowest BCUT2D eigenvalue weighted by atomic mass is 9.89. The van der Waals surface area contributed by atoms with Gasteiger partial charge in [0, 0.05) is 50.3 Å². The van der Waals surface area contributed by atoms with Gasteiger partial charge in [0.2, 0.25) is 0 Å². The van der Waals surface area contributed by atoms with E-state index in [9.17, 15) is 0 Å². The molecule has 0 aromatic carbocycles. The second kappa shape index (κ2) is 9.23. The Morgan fingerprint density at radius 1 is 1.20 bits per heavy atom. The number of nitrogens with zero attached hydrogens (tertiary/aromatic N) is 1. The third-order valence-corrected chi connectivity index (χ3v) is 5.04. The number of rotatable bonds is 3. The van der Waals surface area contributed by atoms with Crippen LogP contribution in [0.3, 0.4) is 0 Å². The monoisotopic (exact) mass is 338 g/mol. The Balaban J connectivity index is 0.000001000. The smallest absolute Gasteiger partial charge is 0.0472 e. The Morgan fingerprint density at radius 2 is 1.90 bits per heavy atom. The van der Waals surface area contributed by atoms with Crippen LogP contribution in [-0.4, -0.2) is 44.3 Å². The van der Waals surface area contributed by atoms with Gasteiger partial charge in [-0.2, -0.15) is 0 Å². The standard InChI is InChI=1S/C14H22N2OS.2ClH/c1-2-13(18-11-1)14(12-3-9-17-10-4-12)16-7-5-15-6-8-16;;/h1-2,11-12,14-15H,3-10H2;2*1H/t14-;;/m0../s1. The largest absolute Gasteiger partial charge is 0.381 e. The molecular weight excluding hydrogens is 315 g/mol. The molecule has 0 saturated carbocycles. The molecule has 0 bridgehead atoms. The van der Waals surface area contributed by atoms with E-state index in [0.717, 1.165) is 32.2 Å². The molecule has 1 atom stereocenters. The van der Waals surface area contributed by atoms with Gasteiger partial charge in [0.15, 0.2) is 0 Å². The van der Waals surface area contributed by atoms with E-state index in [1.165, 1.54) is 25.9 Å². The molecule has 116 valence electrons. The van der Waals surface area contributed by atoms with E-state index in [1.54, 1.807) is 4.88 Å². The summed E-state index contributed by atoms with van der Waals surface area (Å²) >= 11 is 1.92. The van der Waals surface area contributed by atoms with E-state index >= 15 is 0 Å². The fraction of sp³-hybridized carbons (Fsp3) is 0.714. The van der Waals surface area contributed by atoms with Gasteiger partial charge in [0.25, 0.3) is 0 Å². The lowest BCUT2D eigenvalue weighted by Crippen LogP contribution is -2.47. The molecule has 3 rings (SSSR count). The number of thiophene rings is 1. The quantitative estimate of drug-likeness (QED) is 0.916. The predicted octanol–water partition coefficient (Wildman–Crippen LogP) is 2.96. The maximum Gasteiger partial charge on any atom is 0.0472 e. The minimum atomic E-state index is 0. The molecule has 0 unspecified atom stereocenters. The molecule has 2 fully saturated rings. The highest BCUT2D eigenvalue weighted by atomic mass is 35.5. The van der Waals surface area contributed by atoms with Crippen molar-refractivity contribution in [2.24, 2.45) is 5.92 Å². The van der Waals surface area contributed by atoms with E-state index in [0.29, 0.717) is 6.04 Å². The average molecular weight is 339 g/mol. The Labute approximate surface area is 137 Å². The van der Waals surface area contributed by atoms with Crippen molar-refractivity contribution in [3.8, 4) is 0 Å². The molecule has 2 aliphatic heterocycles. The zero-order valence-electron chi connectivity index (χ0n) is 11.6. The van der Waals surface area contributed by atoms with Gasteiger partial charge in [-0.25, -0.2) is 0 Å². The molecule has 0 spiro atoms. The highest BCUT2D eigenvalue weighted by Crippen LogP contribution is 2.37. The van der Waals surface area contributed by atoms with Crippen molar-refractivity contribution in [3.63, 3.8) is 0 Å². The Kier molecular flexibility index (Phi) is 8.41. The van der Waals surface area contributed by atoms with Crippen molar-refractivity contribution in [1.82, 2.24) is 10.2 Å². The van der Waals surface area contributed by atoms with Crippen molar-refractivity contribution < 1.29 is 4.74 Å². The molecule has 1 aromatic heterocycles. The molecular formula is C14H24Cl2N2OS. The number of halogens is 2. The first-order chi connectivity index (χ1) is 8.95. The van der Waals surface area contributed by atoms with Gasteiger partial charge in [-0.05, 0) is 30.2 Å². The topological polar surface area (TPSA) is 24.5 Å². The molecule has 2 aliphatic rings. The highest BCUT2D eigenvalue weighted by molar-refractivity contribution is 7.10. The van der Waals surface area contributed by atoms with E-state index in [-0.39, 0.29) is 24.8 Å². The molecule has 0 aliphatic carbocycles. The average Bonchev–Trinajstić information content (AvgIpc) is 2.95. The Hall–Kier alpha value is 0.160. The van der Waals surface area contributed by atoms with E-state index in [1.807, 2.05) is 11.3 Å². The Morgan fingerprint density at radius 3 is 2.50 bits per heavy atom. The molecule has 1 aromatic rings. The van der Waals surface area contributed by atoms with Crippen LogP contribution in [0.5, 0.6) is 0 Å². The SMILES string of the molecule is Cl.Cl.c1csc([C@H](C2CCOCC2)N2CCNCC2)c1. The Bertz CT molecular complexity index is 334. The highest BCUT2D eigenvalue weighted by Gasteiger charge is 2.31. The van der Waals surface area contributed by atoms with Crippen LogP contribution in [0.15, 0.2) is 17.5 Å². The summed E-state index contributed by atoms with van der Waals surface area (Å²) in [7, 11) is 0. The maximum absolute atomic E-state index is 5.53. The van der Waals surface area contributed by atoms with Gasteiger partial charge in [-0.1, -0.05) is 6.07 Å². The van der Waals surface area contributed by atoms with E-state index < -0.39 is 0 Å². The van der Waals surface area contributed by atoms with Crippen LogP contribution >= 0.6 is 36.2 Å². The van der Waals surface area contributed by atoms with Crippen LogP contribution < -0.4 is 5.32 Å². The summed E-state index contributed by atoms with van der Waals surface area (Å²) in [6, 6.07) is 5.12. The number of hydrogen-bond acceptors (Lipinski definition) is 4. The van der Waals surface area contributed by atoms with Gasteiger partial charge in [-0.15, -0.1) is 36.2 Å². The lowest BCUT2D eigenvalue weighted by molar-refractivity contribution is 0.0223. The molecule has 20 heavy (non-hydrogen) atoms. The molecule has 0 radical (unpaired) electrons. The first-order valence-electron chi connectivity index (χ1n) is 7.01. The summed E-state index contributed by atoms with van der Waals surface area (Å²) in [5.41, 5.74) is 0. The summed E-state index contributed by atoms with van der Waals surface area (Å²) < 4.78 is 5.53. The summed E-state index contributed by atoms with van der Waals surface area (Å²) in [5.74, 6) is 0.774. The number of piperazine rings is 1. The van der Waals surface area contributed by atoms with Crippen LogP contribution in [0.25, 0.3) is 0 Å². The van der Waals surface area contributed by atoms with Crippen molar-refractivity contribution >= 4 is 36.2 Å². The molecule has 1 N–H and O–H groups in total. The predicted molar refractivity (Wildman–Crippen MR) is 89.5 cm³/mol. The van der Waals surface area contributed by atoms with Crippen LogP contribution in [0.2, 0.25) is 0 Å². The minimum Gasteiger partial charge on any atom is -0.381 e. The molecule has 0 amide bonds. The number of ether oxygens (including phenoxy) is 1. The summed E-state index contributed by atoms with van der Waals surface area (Å²) in [5, 5.41) is 5.67. The zero-order valence-corrected chi connectivity index (χ0v) is 14.1. The van der Waals surface area contributed by atoms with Gasteiger partial charge in [-0.3, -0.25) is 4.90 Å². The number of nitrogens with one attached hydrogen (secondary N) is 1. The summed E-state index contributed by atoms with van der Waals surface area (Å²) in [4.78, 5) is 4.22. The normalized spacial score (nSPS) is 22.6. The molecule has 2 saturated heterocycles. The van der Waals surface area contributed by atoms with Crippen molar-refractivity contribution in [2.75, 3.05) is 39.4 Å². The maximum atomic E-state index is 5.53. The van der Waals surface area contributed by atoms with Gasteiger partial charge in [0.05, 0.1) is 0 Å². The number of hydrogen-bond donors (Lipinski definition) is 1.